The fraction of sp³-hybridized carbons (Fsp3) is 0.708. The van der Waals surface area contributed by atoms with Gasteiger partial charge in [0.25, 0.3) is 0 Å². The molecule has 1 aromatic carbocycles. The fourth-order valence-electron chi connectivity index (χ4n) is 5.27. The van der Waals surface area contributed by atoms with Gasteiger partial charge in [-0.25, -0.2) is 9.18 Å². The Morgan fingerprint density at radius 3 is 2.44 bits per heavy atom. The van der Waals surface area contributed by atoms with Crippen LogP contribution in [0.2, 0.25) is 5.02 Å². The summed E-state index contributed by atoms with van der Waals surface area (Å²) in [6, 6.07) is 5.89. The number of nitrogens with zero attached hydrogens (tertiary/aromatic N) is 3. The lowest BCUT2D eigenvalue weighted by Crippen LogP contribution is -2.43. The first-order valence-corrected chi connectivity index (χ1v) is 12.3. The summed E-state index contributed by atoms with van der Waals surface area (Å²) < 4.78 is 56.4. The van der Waals surface area contributed by atoms with E-state index in [1.165, 1.54) is 4.90 Å². The molecular weight excluding hydrogens is 474 g/mol. The summed E-state index contributed by atoms with van der Waals surface area (Å²) >= 11 is 6.27. The Balaban J connectivity index is 1.32. The fourth-order valence-corrected chi connectivity index (χ4v) is 5.44. The van der Waals surface area contributed by atoms with E-state index in [2.05, 4.69) is 14.5 Å². The van der Waals surface area contributed by atoms with Crippen molar-refractivity contribution in [3.63, 3.8) is 0 Å². The lowest BCUT2D eigenvalue weighted by atomic mass is 9.77. The number of rotatable bonds is 4. The highest BCUT2D eigenvalue weighted by atomic mass is 35.5. The van der Waals surface area contributed by atoms with Crippen LogP contribution in [0.25, 0.3) is 0 Å². The van der Waals surface area contributed by atoms with Crippen molar-refractivity contribution in [2.24, 2.45) is 5.41 Å². The average Bonchev–Trinajstić information content (AvgIpc) is 3.20. The normalized spacial score (nSPS) is 22.9. The van der Waals surface area contributed by atoms with Gasteiger partial charge in [0.05, 0.1) is 0 Å². The lowest BCUT2D eigenvalue weighted by molar-refractivity contribution is -0.199. The van der Waals surface area contributed by atoms with E-state index in [1.807, 2.05) is 18.2 Å². The molecule has 3 saturated heterocycles. The Morgan fingerprint density at radius 1 is 1.15 bits per heavy atom. The number of likely N-dealkylation sites (tertiary alicyclic amines) is 2. The Hall–Kier alpha value is -1.74. The molecule has 3 fully saturated rings. The van der Waals surface area contributed by atoms with E-state index < -0.39 is 24.5 Å². The minimum absolute atomic E-state index is 0.0666. The van der Waals surface area contributed by atoms with Gasteiger partial charge in [-0.15, -0.1) is 0 Å². The van der Waals surface area contributed by atoms with Gasteiger partial charge in [-0.2, -0.15) is 13.2 Å². The van der Waals surface area contributed by atoms with Crippen molar-refractivity contribution in [1.82, 2.24) is 9.80 Å². The average molecular weight is 506 g/mol. The van der Waals surface area contributed by atoms with Crippen LogP contribution in [-0.2, 0) is 11.3 Å². The largest absolute Gasteiger partial charge is 0.437 e. The SMILES string of the molecule is CC(OC(=O)N1CCC2(CCN(Cc3ccc(Cl)cc3N3CCC(F)CC3)CC2)C1)C(F)(F)F. The summed E-state index contributed by atoms with van der Waals surface area (Å²) in [5.41, 5.74) is 2.16. The predicted molar refractivity (Wildman–Crippen MR) is 123 cm³/mol. The second-order valence-electron chi connectivity index (χ2n) is 9.95. The molecule has 1 spiro atoms. The minimum Gasteiger partial charge on any atom is -0.437 e. The summed E-state index contributed by atoms with van der Waals surface area (Å²) in [4.78, 5) is 18.2. The van der Waals surface area contributed by atoms with Gasteiger partial charge < -0.3 is 14.5 Å². The summed E-state index contributed by atoms with van der Waals surface area (Å²) in [6.07, 6.45) is -4.70. The third-order valence-corrected chi connectivity index (χ3v) is 7.79. The number of anilines is 1. The van der Waals surface area contributed by atoms with E-state index in [1.54, 1.807) is 0 Å². The first-order chi connectivity index (χ1) is 16.0. The van der Waals surface area contributed by atoms with Crippen LogP contribution in [0.3, 0.4) is 0 Å². The Labute approximate surface area is 203 Å². The Morgan fingerprint density at radius 2 is 1.79 bits per heavy atom. The Kier molecular flexibility index (Phi) is 7.53. The summed E-state index contributed by atoms with van der Waals surface area (Å²) in [7, 11) is 0. The quantitative estimate of drug-likeness (QED) is 0.495. The maximum atomic E-state index is 13.6. The molecule has 5 nitrogen and oxygen atoms in total. The number of alkyl halides is 4. The molecule has 0 radical (unpaired) electrons. The summed E-state index contributed by atoms with van der Waals surface area (Å²) in [5, 5.41) is 0.663. The topological polar surface area (TPSA) is 36.0 Å². The number of ether oxygens (including phenoxy) is 1. The molecule has 0 saturated carbocycles. The number of amides is 1. The molecule has 1 amide bonds. The number of halogens is 5. The van der Waals surface area contributed by atoms with Crippen LogP contribution < -0.4 is 4.90 Å². The molecule has 0 aromatic heterocycles. The van der Waals surface area contributed by atoms with Crippen LogP contribution in [0.4, 0.5) is 28.0 Å². The van der Waals surface area contributed by atoms with Crippen molar-refractivity contribution in [3.8, 4) is 0 Å². The number of hydrogen-bond acceptors (Lipinski definition) is 4. The van der Waals surface area contributed by atoms with Crippen LogP contribution in [0.15, 0.2) is 18.2 Å². The molecule has 1 unspecified atom stereocenters. The van der Waals surface area contributed by atoms with E-state index in [0.717, 1.165) is 57.1 Å². The van der Waals surface area contributed by atoms with Crippen molar-refractivity contribution in [1.29, 1.82) is 0 Å². The van der Waals surface area contributed by atoms with Gasteiger partial charge in [-0.05, 0) is 75.2 Å². The van der Waals surface area contributed by atoms with Gasteiger partial charge in [-0.1, -0.05) is 17.7 Å². The number of piperidine rings is 2. The number of hydrogen-bond donors (Lipinski definition) is 0. The highest BCUT2D eigenvalue weighted by Crippen LogP contribution is 2.41. The molecule has 4 rings (SSSR count). The standard InChI is InChI=1S/C24H32ClF4N3O2/c1-17(24(27,28)29)34-22(33)32-13-8-23(16-32)6-11-30(12-7-23)15-18-2-3-19(25)14-21(18)31-9-4-20(26)5-10-31/h2-3,14,17,20H,4-13,15-16H2,1H3. The molecule has 0 N–H and O–H groups in total. The molecule has 3 heterocycles. The van der Waals surface area contributed by atoms with E-state index in [4.69, 9.17) is 11.6 Å². The maximum absolute atomic E-state index is 13.6. The molecule has 190 valence electrons. The van der Waals surface area contributed by atoms with Crippen molar-refractivity contribution in [3.05, 3.63) is 28.8 Å². The van der Waals surface area contributed by atoms with Crippen LogP contribution >= 0.6 is 11.6 Å². The molecule has 3 aliphatic rings. The van der Waals surface area contributed by atoms with Gasteiger partial charge in [0.1, 0.15) is 6.17 Å². The molecule has 1 atom stereocenters. The third-order valence-electron chi connectivity index (χ3n) is 7.56. The predicted octanol–water partition coefficient (Wildman–Crippen LogP) is 5.65. The van der Waals surface area contributed by atoms with E-state index >= 15 is 0 Å². The zero-order valence-corrected chi connectivity index (χ0v) is 20.2. The van der Waals surface area contributed by atoms with E-state index in [-0.39, 0.29) is 5.41 Å². The maximum Gasteiger partial charge on any atom is 0.425 e. The molecule has 1 aromatic rings. The summed E-state index contributed by atoms with van der Waals surface area (Å²) in [6.45, 7) is 5.52. The van der Waals surface area contributed by atoms with Crippen LogP contribution in [0, 0.1) is 5.41 Å². The third kappa shape index (κ3) is 5.90. The second kappa shape index (κ2) is 10.1. The summed E-state index contributed by atoms with van der Waals surface area (Å²) in [5.74, 6) is 0. The first kappa shape index (κ1) is 25.4. The smallest absolute Gasteiger partial charge is 0.425 e. The molecular formula is C24H32ClF4N3O2. The molecule has 34 heavy (non-hydrogen) atoms. The van der Waals surface area contributed by atoms with Gasteiger partial charge in [0, 0.05) is 43.4 Å². The van der Waals surface area contributed by atoms with Crippen molar-refractivity contribution >= 4 is 23.4 Å². The molecule has 0 aliphatic carbocycles. The van der Waals surface area contributed by atoms with Crippen molar-refractivity contribution in [2.45, 2.75) is 64.0 Å². The number of benzene rings is 1. The highest BCUT2D eigenvalue weighted by Gasteiger charge is 2.45. The van der Waals surface area contributed by atoms with Gasteiger partial charge in [0.2, 0.25) is 0 Å². The van der Waals surface area contributed by atoms with Gasteiger partial charge >= 0.3 is 12.3 Å². The van der Waals surface area contributed by atoms with Crippen molar-refractivity contribution in [2.75, 3.05) is 44.2 Å². The highest BCUT2D eigenvalue weighted by molar-refractivity contribution is 6.30. The number of carbonyl (C=O) groups is 1. The van der Waals surface area contributed by atoms with E-state index in [0.29, 0.717) is 44.0 Å². The zero-order chi connectivity index (χ0) is 24.5. The number of carbonyl (C=O) groups excluding carboxylic acids is 1. The minimum atomic E-state index is -4.55. The Bertz CT molecular complexity index is 868. The van der Waals surface area contributed by atoms with Crippen LogP contribution in [0.5, 0.6) is 0 Å². The molecule has 3 aliphatic heterocycles. The van der Waals surface area contributed by atoms with E-state index in [9.17, 15) is 22.4 Å². The van der Waals surface area contributed by atoms with Crippen LogP contribution in [-0.4, -0.2) is 73.6 Å². The zero-order valence-electron chi connectivity index (χ0n) is 19.4. The molecule has 10 heteroatoms. The lowest BCUT2D eigenvalue weighted by Gasteiger charge is -2.40. The monoisotopic (exact) mass is 505 g/mol. The van der Waals surface area contributed by atoms with Crippen LogP contribution in [0.1, 0.15) is 44.6 Å². The van der Waals surface area contributed by atoms with Crippen molar-refractivity contribution < 1.29 is 27.1 Å². The second-order valence-corrected chi connectivity index (χ2v) is 10.4. The molecule has 0 bridgehead atoms. The van der Waals surface area contributed by atoms with Gasteiger partial charge in [-0.3, -0.25) is 4.90 Å². The van der Waals surface area contributed by atoms with Gasteiger partial charge in [0.15, 0.2) is 6.10 Å². The first-order valence-electron chi connectivity index (χ1n) is 12.0.